The number of piperidine rings is 1. The number of aromatic hydroxyl groups is 1. The van der Waals surface area contributed by atoms with Crippen LogP contribution in [0.3, 0.4) is 0 Å². The molecule has 6 atom stereocenters. The van der Waals surface area contributed by atoms with E-state index in [1.165, 1.54) is 18.4 Å². The zero-order valence-corrected chi connectivity index (χ0v) is 22.6. The lowest BCUT2D eigenvalue weighted by Crippen LogP contribution is -2.80. The minimum absolute atomic E-state index is 0.0177. The molecule has 2 bridgehead atoms. The molecule has 200 valence electrons. The second-order valence-corrected chi connectivity index (χ2v) is 12.6. The summed E-state index contributed by atoms with van der Waals surface area (Å²) >= 11 is 0. The Balaban J connectivity index is 1.28. The molecule has 5 aliphatic rings. The number of hydrogen-bond donors (Lipinski definition) is 2. The van der Waals surface area contributed by atoms with Gasteiger partial charge in [0, 0.05) is 31.3 Å². The van der Waals surface area contributed by atoms with E-state index in [2.05, 4.69) is 17.9 Å². The quantitative estimate of drug-likeness (QED) is 0.589. The van der Waals surface area contributed by atoms with Gasteiger partial charge in [-0.05, 0) is 80.7 Å². The molecule has 6 nitrogen and oxygen atoms in total. The molecular weight excluding hydrogens is 476 g/mol. The van der Waals surface area contributed by atoms with E-state index >= 15 is 0 Å². The summed E-state index contributed by atoms with van der Waals surface area (Å²) in [5.74, 6) is 1.30. The maximum atomic E-state index is 13.5. The highest BCUT2D eigenvalue weighted by Crippen LogP contribution is 2.67. The monoisotopic (exact) mass is 514 g/mol. The number of likely N-dealkylation sites (N-methyl/N-ethyl adjacent to an activating group) is 1. The van der Waals surface area contributed by atoms with Gasteiger partial charge in [0.1, 0.15) is 6.10 Å². The highest BCUT2D eigenvalue weighted by molar-refractivity contribution is 5.92. The van der Waals surface area contributed by atoms with Gasteiger partial charge in [0.2, 0.25) is 5.91 Å². The van der Waals surface area contributed by atoms with Crippen molar-refractivity contribution in [3.05, 3.63) is 64.7 Å². The van der Waals surface area contributed by atoms with E-state index in [1.54, 1.807) is 12.1 Å². The fourth-order valence-electron chi connectivity index (χ4n) is 8.48. The molecule has 3 fully saturated rings. The van der Waals surface area contributed by atoms with Crippen LogP contribution in [0.5, 0.6) is 11.5 Å². The van der Waals surface area contributed by atoms with Crippen molar-refractivity contribution in [3.63, 3.8) is 0 Å². The summed E-state index contributed by atoms with van der Waals surface area (Å²) in [6.45, 7) is 6.15. The second kappa shape index (κ2) is 8.33. The molecular formula is C32H38N2O4. The number of carbonyl (C=O) groups excluding carboxylic acids is 1. The van der Waals surface area contributed by atoms with Crippen molar-refractivity contribution < 1.29 is 19.7 Å². The average molecular weight is 515 g/mol. The van der Waals surface area contributed by atoms with E-state index in [-0.39, 0.29) is 29.7 Å². The zero-order valence-electron chi connectivity index (χ0n) is 22.6. The normalized spacial score (nSPS) is 35.2. The summed E-state index contributed by atoms with van der Waals surface area (Å²) in [5.41, 5.74) is 2.70. The lowest BCUT2D eigenvalue weighted by atomic mass is 9.45. The number of aliphatic hydroxyl groups is 1. The number of likely N-dealkylation sites (tertiary alicyclic amines) is 1. The minimum atomic E-state index is -0.978. The van der Waals surface area contributed by atoms with E-state index < -0.39 is 17.1 Å². The molecule has 38 heavy (non-hydrogen) atoms. The highest BCUT2D eigenvalue weighted by Gasteiger charge is 2.75. The molecule has 2 N–H and O–H groups in total. The Labute approximate surface area is 224 Å². The number of aryl methyl sites for hydroxylation is 1. The first-order valence-electron chi connectivity index (χ1n) is 14.2. The predicted octanol–water partition coefficient (Wildman–Crippen LogP) is 4.05. The van der Waals surface area contributed by atoms with E-state index in [9.17, 15) is 15.0 Å². The summed E-state index contributed by atoms with van der Waals surface area (Å²) in [5, 5.41) is 23.8. The van der Waals surface area contributed by atoms with Crippen molar-refractivity contribution in [3.8, 4) is 11.5 Å². The van der Waals surface area contributed by atoms with Crippen molar-refractivity contribution in [2.45, 2.75) is 75.2 Å². The van der Waals surface area contributed by atoms with E-state index in [1.807, 2.05) is 49.2 Å². The zero-order chi connectivity index (χ0) is 26.4. The van der Waals surface area contributed by atoms with E-state index in [0.29, 0.717) is 12.2 Å². The van der Waals surface area contributed by atoms with Gasteiger partial charge in [-0.3, -0.25) is 9.69 Å². The molecule has 1 saturated heterocycles. The average Bonchev–Trinajstić information content (AvgIpc) is 3.64. The van der Waals surface area contributed by atoms with Gasteiger partial charge in [0.15, 0.2) is 11.5 Å². The third-order valence-electron chi connectivity index (χ3n) is 10.5. The van der Waals surface area contributed by atoms with Gasteiger partial charge >= 0.3 is 0 Å². The summed E-state index contributed by atoms with van der Waals surface area (Å²) in [7, 11) is 1.86. The van der Waals surface area contributed by atoms with Crippen LogP contribution in [0.15, 0.2) is 42.5 Å². The summed E-state index contributed by atoms with van der Waals surface area (Å²) in [6.07, 6.45) is 7.87. The maximum Gasteiger partial charge on any atom is 0.246 e. The number of nitrogens with zero attached hydrogens (tertiary/aromatic N) is 2. The Bertz CT molecular complexity index is 1330. The Kier molecular flexibility index (Phi) is 5.31. The van der Waals surface area contributed by atoms with E-state index in [4.69, 9.17) is 4.74 Å². The lowest BCUT2D eigenvalue weighted by molar-refractivity contribution is -0.224. The Morgan fingerprint density at radius 2 is 2.08 bits per heavy atom. The van der Waals surface area contributed by atoms with Gasteiger partial charge in [0.25, 0.3) is 0 Å². The third-order valence-corrected chi connectivity index (χ3v) is 10.5. The van der Waals surface area contributed by atoms with Crippen LogP contribution in [-0.4, -0.2) is 69.8 Å². The first kappa shape index (κ1) is 24.2. The van der Waals surface area contributed by atoms with Crippen LogP contribution >= 0.6 is 0 Å². The molecule has 1 amide bonds. The number of amides is 1. The van der Waals surface area contributed by atoms with E-state index in [0.717, 1.165) is 48.5 Å². The van der Waals surface area contributed by atoms with Crippen LogP contribution in [-0.2, 0) is 16.6 Å². The standard InChI is InChI=1S/C32H38N2O4/c1-19-5-4-6-21(15-19)9-12-27(36)33(3)24-16-20(2)32(37)26-17-23-10-11-25(35)29-28(23)31(32,30(24)38-29)13-14-34(26)18-22-7-8-22/h4-6,9-12,15,20,22,24,26,30,35,37H,7-8,13-14,16-18H2,1-3H3/t20-,24-,26+,30+,31-,32+/m0/s1. The number of benzene rings is 2. The van der Waals surface area contributed by atoms with Crippen LogP contribution in [0, 0.1) is 18.8 Å². The SMILES string of the molecule is Cc1cccc(C=CC(=O)N(C)[C@H]2C[C@H](C)[C@@]3(O)[C@H]4Cc5ccc(O)c6c5[C@@]3(CCN4CC3CC3)[C@@H]2O6)c1. The Hall–Kier alpha value is -2.83. The van der Waals surface area contributed by atoms with Crippen LogP contribution < -0.4 is 4.74 Å². The van der Waals surface area contributed by atoms with Gasteiger partial charge < -0.3 is 19.8 Å². The van der Waals surface area contributed by atoms with Gasteiger partial charge in [-0.2, -0.15) is 0 Å². The fourth-order valence-corrected chi connectivity index (χ4v) is 8.48. The molecule has 0 radical (unpaired) electrons. The number of ether oxygens (including phenoxy) is 1. The summed E-state index contributed by atoms with van der Waals surface area (Å²) < 4.78 is 6.67. The number of phenolic OH excluding ortho intramolecular Hbond substituents is 1. The van der Waals surface area contributed by atoms with Gasteiger partial charge in [0.05, 0.1) is 17.1 Å². The lowest BCUT2D eigenvalue weighted by Gasteiger charge is -2.67. The number of phenols is 1. The molecule has 2 aromatic rings. The second-order valence-electron chi connectivity index (χ2n) is 12.6. The molecule has 2 heterocycles. The topological polar surface area (TPSA) is 73.2 Å². The summed E-state index contributed by atoms with van der Waals surface area (Å²) in [4.78, 5) is 17.8. The van der Waals surface area contributed by atoms with Gasteiger partial charge in [-0.15, -0.1) is 0 Å². The van der Waals surface area contributed by atoms with Crippen LogP contribution in [0.1, 0.15) is 54.9 Å². The smallest absolute Gasteiger partial charge is 0.246 e. The largest absolute Gasteiger partial charge is 0.504 e. The number of rotatable bonds is 5. The van der Waals surface area contributed by atoms with Gasteiger partial charge in [-0.1, -0.05) is 42.8 Å². The van der Waals surface area contributed by atoms with Crippen molar-refractivity contribution >= 4 is 12.0 Å². The van der Waals surface area contributed by atoms with Crippen LogP contribution in [0.4, 0.5) is 0 Å². The molecule has 1 spiro atoms. The van der Waals surface area contributed by atoms with Crippen molar-refractivity contribution in [1.29, 1.82) is 0 Å². The highest BCUT2D eigenvalue weighted by atomic mass is 16.5. The molecule has 2 aliphatic heterocycles. The van der Waals surface area contributed by atoms with Crippen LogP contribution in [0.25, 0.3) is 6.08 Å². The molecule has 2 aromatic carbocycles. The van der Waals surface area contributed by atoms with Gasteiger partial charge in [-0.25, -0.2) is 0 Å². The number of carbonyl (C=O) groups is 1. The minimum Gasteiger partial charge on any atom is -0.504 e. The van der Waals surface area contributed by atoms with Crippen molar-refractivity contribution in [2.75, 3.05) is 20.1 Å². The predicted molar refractivity (Wildman–Crippen MR) is 146 cm³/mol. The first-order valence-corrected chi connectivity index (χ1v) is 14.2. The van der Waals surface area contributed by atoms with Crippen LogP contribution in [0.2, 0.25) is 0 Å². The van der Waals surface area contributed by atoms with Crippen molar-refractivity contribution in [2.24, 2.45) is 11.8 Å². The Morgan fingerprint density at radius 3 is 2.84 bits per heavy atom. The molecule has 0 unspecified atom stereocenters. The summed E-state index contributed by atoms with van der Waals surface area (Å²) in [6, 6.07) is 11.7. The molecule has 7 rings (SSSR count). The molecule has 3 aliphatic carbocycles. The number of hydrogen-bond acceptors (Lipinski definition) is 5. The molecule has 2 saturated carbocycles. The molecule has 0 aromatic heterocycles. The Morgan fingerprint density at radius 1 is 1.26 bits per heavy atom. The van der Waals surface area contributed by atoms with Crippen molar-refractivity contribution in [1.82, 2.24) is 9.80 Å². The first-order chi connectivity index (χ1) is 18.2. The fraction of sp³-hybridized carbons (Fsp3) is 0.531. The molecule has 6 heteroatoms. The third kappa shape index (κ3) is 3.23. The maximum absolute atomic E-state index is 13.5.